The number of ether oxygens (including phenoxy) is 1. The molecule has 21 heavy (non-hydrogen) atoms. The SMILES string of the molecule is COc1cc(CNS(=O)(=O)c2ccc(Cl)c(N)c2)ccn1. The fourth-order valence-electron chi connectivity index (χ4n) is 1.62. The first kappa shape index (κ1) is 15.6. The van der Waals surface area contributed by atoms with E-state index in [-0.39, 0.29) is 17.1 Å². The smallest absolute Gasteiger partial charge is 0.240 e. The quantitative estimate of drug-likeness (QED) is 0.817. The molecule has 2 rings (SSSR count). The molecule has 0 bridgehead atoms. The number of nitrogens with two attached hydrogens (primary N) is 1. The third-order valence-electron chi connectivity index (χ3n) is 2.75. The third kappa shape index (κ3) is 3.84. The van der Waals surface area contributed by atoms with Crippen LogP contribution < -0.4 is 15.2 Å². The number of nitrogens with zero attached hydrogens (tertiary/aromatic N) is 1. The number of benzene rings is 1. The van der Waals surface area contributed by atoms with Crippen LogP contribution in [0.4, 0.5) is 5.69 Å². The summed E-state index contributed by atoms with van der Waals surface area (Å²) >= 11 is 5.78. The predicted molar refractivity (Wildman–Crippen MR) is 80.7 cm³/mol. The molecule has 1 aromatic carbocycles. The monoisotopic (exact) mass is 327 g/mol. The van der Waals surface area contributed by atoms with Crippen LogP contribution in [0.25, 0.3) is 0 Å². The summed E-state index contributed by atoms with van der Waals surface area (Å²) in [4.78, 5) is 4.01. The second-order valence-corrected chi connectivity index (χ2v) is 6.39. The molecule has 0 amide bonds. The first-order chi connectivity index (χ1) is 9.92. The molecule has 0 unspecified atom stereocenters. The highest BCUT2D eigenvalue weighted by Crippen LogP contribution is 2.22. The van der Waals surface area contributed by atoms with Gasteiger partial charge in [0.1, 0.15) is 0 Å². The zero-order valence-electron chi connectivity index (χ0n) is 11.2. The standard InChI is InChI=1S/C13H14ClN3O3S/c1-20-13-6-9(4-5-16-13)8-17-21(18,19)10-2-3-11(14)12(15)7-10/h2-7,17H,8,15H2,1H3. The molecule has 0 saturated heterocycles. The molecule has 0 radical (unpaired) electrons. The van der Waals surface area contributed by atoms with Gasteiger partial charge in [-0.2, -0.15) is 0 Å². The topological polar surface area (TPSA) is 94.3 Å². The highest BCUT2D eigenvalue weighted by Gasteiger charge is 2.15. The van der Waals surface area contributed by atoms with Crippen molar-refractivity contribution in [3.05, 3.63) is 47.1 Å². The molecular weight excluding hydrogens is 314 g/mol. The van der Waals surface area contributed by atoms with Gasteiger partial charge in [0.2, 0.25) is 15.9 Å². The van der Waals surface area contributed by atoms with Crippen molar-refractivity contribution in [1.29, 1.82) is 0 Å². The van der Waals surface area contributed by atoms with Crippen LogP contribution in [0.3, 0.4) is 0 Å². The maximum Gasteiger partial charge on any atom is 0.240 e. The van der Waals surface area contributed by atoms with E-state index < -0.39 is 10.0 Å². The maximum atomic E-state index is 12.2. The van der Waals surface area contributed by atoms with Crippen LogP contribution in [-0.4, -0.2) is 20.5 Å². The summed E-state index contributed by atoms with van der Waals surface area (Å²) in [5.74, 6) is 0.419. The Kier molecular flexibility index (Phi) is 4.66. The zero-order chi connectivity index (χ0) is 15.5. The number of halogens is 1. The summed E-state index contributed by atoms with van der Waals surface area (Å²) in [6, 6.07) is 7.51. The Labute approximate surface area is 128 Å². The Morgan fingerprint density at radius 2 is 2.10 bits per heavy atom. The first-order valence-electron chi connectivity index (χ1n) is 5.96. The number of rotatable bonds is 5. The van der Waals surface area contributed by atoms with Gasteiger partial charge in [-0.15, -0.1) is 0 Å². The Morgan fingerprint density at radius 1 is 1.33 bits per heavy atom. The van der Waals surface area contributed by atoms with Gasteiger partial charge < -0.3 is 10.5 Å². The highest BCUT2D eigenvalue weighted by molar-refractivity contribution is 7.89. The van der Waals surface area contributed by atoms with Crippen molar-refractivity contribution in [1.82, 2.24) is 9.71 Å². The van der Waals surface area contributed by atoms with Crippen LogP contribution in [0.15, 0.2) is 41.4 Å². The lowest BCUT2D eigenvalue weighted by atomic mass is 10.3. The molecule has 0 aliphatic rings. The van der Waals surface area contributed by atoms with Crippen molar-refractivity contribution in [3.8, 4) is 5.88 Å². The molecule has 2 aromatic rings. The van der Waals surface area contributed by atoms with E-state index in [1.54, 1.807) is 18.3 Å². The summed E-state index contributed by atoms with van der Waals surface area (Å²) in [5, 5.41) is 0.313. The lowest BCUT2D eigenvalue weighted by Gasteiger charge is -2.08. The molecule has 0 atom stereocenters. The number of pyridine rings is 1. The minimum Gasteiger partial charge on any atom is -0.481 e. The van der Waals surface area contributed by atoms with Crippen LogP contribution in [0.1, 0.15) is 5.56 Å². The average molecular weight is 328 g/mol. The molecule has 1 aromatic heterocycles. The number of hydrogen-bond donors (Lipinski definition) is 2. The Bertz CT molecular complexity index is 750. The molecule has 0 aliphatic carbocycles. The Balaban J connectivity index is 2.15. The van der Waals surface area contributed by atoms with Crippen LogP contribution >= 0.6 is 11.6 Å². The van der Waals surface area contributed by atoms with E-state index in [0.717, 1.165) is 5.56 Å². The number of nitrogen functional groups attached to an aromatic ring is 1. The van der Waals surface area contributed by atoms with Crippen molar-refractivity contribution in [2.75, 3.05) is 12.8 Å². The minimum absolute atomic E-state index is 0.0606. The lowest BCUT2D eigenvalue weighted by molar-refractivity contribution is 0.397. The first-order valence-corrected chi connectivity index (χ1v) is 7.82. The third-order valence-corrected chi connectivity index (χ3v) is 4.50. The fraction of sp³-hybridized carbons (Fsp3) is 0.154. The second-order valence-electron chi connectivity index (χ2n) is 4.21. The summed E-state index contributed by atoms with van der Waals surface area (Å²) in [6.45, 7) is 0.115. The van der Waals surface area contributed by atoms with Crippen LogP contribution in [0.2, 0.25) is 5.02 Å². The van der Waals surface area contributed by atoms with Gasteiger partial charge in [0.25, 0.3) is 0 Å². The maximum absolute atomic E-state index is 12.2. The zero-order valence-corrected chi connectivity index (χ0v) is 12.8. The lowest BCUT2D eigenvalue weighted by Crippen LogP contribution is -2.23. The molecule has 0 aliphatic heterocycles. The van der Waals surface area contributed by atoms with Crippen LogP contribution in [-0.2, 0) is 16.6 Å². The van der Waals surface area contributed by atoms with Gasteiger partial charge in [-0.3, -0.25) is 0 Å². The number of nitrogens with one attached hydrogen (secondary N) is 1. The van der Waals surface area contributed by atoms with Crippen molar-refractivity contribution in [2.24, 2.45) is 0 Å². The van der Waals surface area contributed by atoms with Crippen LogP contribution in [0, 0.1) is 0 Å². The molecule has 1 heterocycles. The molecule has 0 saturated carbocycles. The molecule has 3 N–H and O–H groups in total. The number of anilines is 1. The van der Waals surface area contributed by atoms with Crippen molar-refractivity contribution in [2.45, 2.75) is 11.4 Å². The van der Waals surface area contributed by atoms with E-state index in [2.05, 4.69) is 9.71 Å². The molecule has 0 fully saturated rings. The van der Waals surface area contributed by atoms with Gasteiger partial charge in [-0.05, 0) is 29.8 Å². The van der Waals surface area contributed by atoms with E-state index in [9.17, 15) is 8.42 Å². The van der Waals surface area contributed by atoms with Crippen molar-refractivity contribution < 1.29 is 13.2 Å². The predicted octanol–water partition coefficient (Wildman–Crippen LogP) is 1.80. The van der Waals surface area contributed by atoms with E-state index in [4.69, 9.17) is 22.1 Å². The largest absolute Gasteiger partial charge is 0.481 e. The molecule has 112 valence electrons. The normalized spacial score (nSPS) is 11.3. The molecular formula is C13H14ClN3O3S. The van der Waals surface area contributed by atoms with E-state index in [1.165, 1.54) is 25.3 Å². The average Bonchev–Trinajstić information content (AvgIpc) is 2.48. The second kappa shape index (κ2) is 6.30. The summed E-state index contributed by atoms with van der Waals surface area (Å²) < 4.78 is 31.8. The van der Waals surface area contributed by atoms with Gasteiger partial charge in [0, 0.05) is 18.8 Å². The van der Waals surface area contributed by atoms with Gasteiger partial charge in [-0.1, -0.05) is 11.6 Å². The van der Waals surface area contributed by atoms with E-state index in [1.807, 2.05) is 0 Å². The van der Waals surface area contributed by atoms with E-state index in [0.29, 0.717) is 10.9 Å². The number of sulfonamides is 1. The van der Waals surface area contributed by atoms with E-state index >= 15 is 0 Å². The highest BCUT2D eigenvalue weighted by atomic mass is 35.5. The van der Waals surface area contributed by atoms with Gasteiger partial charge in [0.15, 0.2) is 0 Å². The van der Waals surface area contributed by atoms with Gasteiger partial charge in [0.05, 0.1) is 22.7 Å². The number of methoxy groups -OCH3 is 1. The Morgan fingerprint density at radius 3 is 2.76 bits per heavy atom. The molecule has 6 nitrogen and oxygen atoms in total. The van der Waals surface area contributed by atoms with Gasteiger partial charge in [-0.25, -0.2) is 18.1 Å². The summed E-state index contributed by atoms with van der Waals surface area (Å²) in [5.41, 5.74) is 6.56. The van der Waals surface area contributed by atoms with Gasteiger partial charge >= 0.3 is 0 Å². The van der Waals surface area contributed by atoms with Crippen molar-refractivity contribution in [3.63, 3.8) is 0 Å². The minimum atomic E-state index is -3.67. The fourth-order valence-corrected chi connectivity index (χ4v) is 2.79. The van der Waals surface area contributed by atoms with Crippen molar-refractivity contribution >= 4 is 27.3 Å². The number of aromatic nitrogens is 1. The summed E-state index contributed by atoms with van der Waals surface area (Å²) in [6.07, 6.45) is 1.54. The van der Waals surface area contributed by atoms with Crippen LogP contribution in [0.5, 0.6) is 5.88 Å². The Hall–Kier alpha value is -1.83. The summed E-state index contributed by atoms with van der Waals surface area (Å²) in [7, 11) is -2.17. The molecule has 0 spiro atoms. The number of hydrogen-bond acceptors (Lipinski definition) is 5. The molecule has 8 heteroatoms.